The molecule has 0 aromatic heterocycles. The lowest BCUT2D eigenvalue weighted by Crippen LogP contribution is -2.42. The summed E-state index contributed by atoms with van der Waals surface area (Å²) in [6.07, 6.45) is 4.37. The van der Waals surface area contributed by atoms with Crippen molar-refractivity contribution in [2.24, 2.45) is 11.8 Å². The monoisotopic (exact) mass is 476 g/mol. The lowest BCUT2D eigenvalue weighted by molar-refractivity contribution is -0.141. The molecule has 2 aromatic carbocycles. The van der Waals surface area contributed by atoms with Gasteiger partial charge in [0.05, 0.1) is 32.1 Å². The summed E-state index contributed by atoms with van der Waals surface area (Å²) in [7, 11) is 3.23. The van der Waals surface area contributed by atoms with Crippen molar-refractivity contribution in [1.82, 2.24) is 9.80 Å². The van der Waals surface area contributed by atoms with Crippen LogP contribution in [0.5, 0.6) is 11.5 Å². The van der Waals surface area contributed by atoms with E-state index in [2.05, 4.69) is 0 Å². The summed E-state index contributed by atoms with van der Waals surface area (Å²) >= 11 is 0. The molecule has 0 radical (unpaired) electrons. The van der Waals surface area contributed by atoms with E-state index in [9.17, 15) is 14.4 Å². The molecule has 0 bridgehead atoms. The quantitative estimate of drug-likeness (QED) is 0.594. The number of ether oxygens (including phenoxy) is 2. The maximum Gasteiger partial charge on any atom is 0.233 e. The van der Waals surface area contributed by atoms with Crippen molar-refractivity contribution in [2.45, 2.75) is 44.6 Å². The number of benzene rings is 2. The minimum atomic E-state index is -0.278. The molecule has 7 nitrogen and oxygen atoms in total. The van der Waals surface area contributed by atoms with Gasteiger partial charge in [0.15, 0.2) is 11.5 Å². The first kappa shape index (κ1) is 23.4. The molecule has 1 saturated heterocycles. The molecule has 2 fully saturated rings. The number of likely N-dealkylation sites (tertiary alicyclic amines) is 1. The summed E-state index contributed by atoms with van der Waals surface area (Å²) in [5.41, 5.74) is 3.13. The predicted octanol–water partition coefficient (Wildman–Crippen LogP) is 3.74. The van der Waals surface area contributed by atoms with E-state index in [1.807, 2.05) is 47.4 Å². The first-order chi connectivity index (χ1) is 17.0. The van der Waals surface area contributed by atoms with Gasteiger partial charge >= 0.3 is 0 Å². The number of carbonyl (C=O) groups is 3. The Hall–Kier alpha value is -3.35. The van der Waals surface area contributed by atoms with Gasteiger partial charge in [-0.15, -0.1) is 0 Å². The number of hydrogen-bond acceptors (Lipinski definition) is 5. The van der Waals surface area contributed by atoms with Gasteiger partial charge in [-0.05, 0) is 48.1 Å². The predicted molar refractivity (Wildman–Crippen MR) is 130 cm³/mol. The highest BCUT2D eigenvalue weighted by Gasteiger charge is 2.48. The van der Waals surface area contributed by atoms with E-state index in [0.717, 1.165) is 42.4 Å². The first-order valence-corrected chi connectivity index (χ1v) is 12.5. The maximum absolute atomic E-state index is 13.6. The number of amides is 3. The van der Waals surface area contributed by atoms with Crippen LogP contribution >= 0.6 is 0 Å². The molecule has 7 heteroatoms. The lowest BCUT2D eigenvalue weighted by atomic mass is 9.81. The van der Waals surface area contributed by atoms with E-state index >= 15 is 0 Å². The molecule has 2 heterocycles. The van der Waals surface area contributed by atoms with Crippen molar-refractivity contribution in [3.8, 4) is 11.5 Å². The average Bonchev–Trinajstić information content (AvgIpc) is 3.15. The summed E-state index contributed by atoms with van der Waals surface area (Å²) in [6, 6.07) is 13.6. The van der Waals surface area contributed by atoms with Gasteiger partial charge in [-0.3, -0.25) is 19.3 Å². The molecule has 184 valence electrons. The van der Waals surface area contributed by atoms with Crippen LogP contribution in [0.1, 0.15) is 54.8 Å². The molecule has 0 spiro atoms. The minimum absolute atomic E-state index is 0.0604. The van der Waals surface area contributed by atoms with Crippen molar-refractivity contribution in [2.75, 3.05) is 27.3 Å². The Morgan fingerprint density at radius 3 is 2.20 bits per heavy atom. The molecule has 3 aliphatic rings. The van der Waals surface area contributed by atoms with E-state index in [4.69, 9.17) is 9.47 Å². The van der Waals surface area contributed by atoms with Gasteiger partial charge in [0.1, 0.15) is 0 Å². The number of nitrogens with zero attached hydrogens (tertiary/aromatic N) is 2. The number of carbonyl (C=O) groups excluding carboxylic acids is 3. The molecule has 0 N–H and O–H groups in total. The SMILES string of the molecule is COc1cc2c(cc1OC)[C@H](c1ccccc1)N(C(=O)CCN1C(=O)[C@H]3CCCC[C@H]3C1=O)CC2. The van der Waals surface area contributed by atoms with Gasteiger partial charge in [0.25, 0.3) is 0 Å². The molecule has 3 amide bonds. The van der Waals surface area contributed by atoms with Crippen LogP contribution in [0, 0.1) is 11.8 Å². The number of fused-ring (bicyclic) bond motifs is 2. The third-order valence-electron chi connectivity index (χ3n) is 7.79. The topological polar surface area (TPSA) is 76.2 Å². The number of rotatable bonds is 6. The van der Waals surface area contributed by atoms with E-state index in [-0.39, 0.29) is 48.6 Å². The summed E-state index contributed by atoms with van der Waals surface area (Å²) in [5, 5.41) is 0. The summed E-state index contributed by atoms with van der Waals surface area (Å²) in [5.74, 6) is 0.679. The molecule has 1 aliphatic carbocycles. The number of methoxy groups -OCH3 is 2. The van der Waals surface area contributed by atoms with Crippen molar-refractivity contribution in [1.29, 1.82) is 0 Å². The van der Waals surface area contributed by atoms with E-state index in [1.54, 1.807) is 14.2 Å². The molecule has 1 saturated carbocycles. The zero-order valence-electron chi connectivity index (χ0n) is 20.4. The van der Waals surface area contributed by atoms with Crippen molar-refractivity contribution in [3.63, 3.8) is 0 Å². The fourth-order valence-corrected chi connectivity index (χ4v) is 6.01. The van der Waals surface area contributed by atoms with Gasteiger partial charge in [-0.2, -0.15) is 0 Å². The van der Waals surface area contributed by atoms with Crippen LogP contribution in [0.2, 0.25) is 0 Å². The lowest BCUT2D eigenvalue weighted by Gasteiger charge is -2.38. The minimum Gasteiger partial charge on any atom is -0.493 e. The normalized spacial score (nSPS) is 23.7. The zero-order valence-corrected chi connectivity index (χ0v) is 20.4. The zero-order chi connectivity index (χ0) is 24.5. The van der Waals surface area contributed by atoms with Gasteiger partial charge in [-0.1, -0.05) is 43.2 Å². The van der Waals surface area contributed by atoms with Crippen LogP contribution < -0.4 is 9.47 Å². The third-order valence-corrected chi connectivity index (χ3v) is 7.79. The fourth-order valence-electron chi connectivity index (χ4n) is 6.01. The second-order valence-electron chi connectivity index (χ2n) is 9.63. The first-order valence-electron chi connectivity index (χ1n) is 12.5. The van der Waals surface area contributed by atoms with Crippen molar-refractivity contribution >= 4 is 17.7 Å². The van der Waals surface area contributed by atoms with Crippen LogP contribution in [0.3, 0.4) is 0 Å². The fraction of sp³-hybridized carbons (Fsp3) is 0.464. The van der Waals surface area contributed by atoms with Gasteiger partial charge in [-0.25, -0.2) is 0 Å². The summed E-state index contributed by atoms with van der Waals surface area (Å²) in [6.45, 7) is 0.703. The van der Waals surface area contributed by atoms with Crippen molar-refractivity contribution < 1.29 is 23.9 Å². The molecule has 0 unspecified atom stereocenters. The maximum atomic E-state index is 13.6. The Labute approximate surface area is 206 Å². The van der Waals surface area contributed by atoms with Crippen molar-refractivity contribution in [3.05, 3.63) is 59.2 Å². The molecular formula is C28H32N2O5. The van der Waals surface area contributed by atoms with Crippen LogP contribution in [0.4, 0.5) is 0 Å². The smallest absolute Gasteiger partial charge is 0.233 e. The van der Waals surface area contributed by atoms with E-state index in [0.29, 0.717) is 24.5 Å². The Kier molecular flexibility index (Phi) is 6.50. The molecule has 35 heavy (non-hydrogen) atoms. The Balaban J connectivity index is 1.40. The van der Waals surface area contributed by atoms with Gasteiger partial charge in [0, 0.05) is 19.5 Å². The van der Waals surface area contributed by atoms with E-state index in [1.165, 1.54) is 4.90 Å². The highest BCUT2D eigenvalue weighted by Crippen LogP contribution is 2.42. The van der Waals surface area contributed by atoms with Crippen LogP contribution in [0.15, 0.2) is 42.5 Å². The third kappa shape index (κ3) is 4.17. The standard InChI is InChI=1S/C28H32N2O5/c1-34-23-16-19-12-14-29(26(18-8-4-3-5-9-18)22(19)17-24(23)35-2)25(31)13-15-30-27(32)20-10-6-7-11-21(20)28(30)33/h3-5,8-9,16-17,20-21,26H,6-7,10-15H2,1-2H3/t20-,21+,26-/m0/s1. The average molecular weight is 477 g/mol. The number of hydrogen-bond donors (Lipinski definition) is 0. The van der Waals surface area contributed by atoms with Crippen LogP contribution in [-0.2, 0) is 20.8 Å². The largest absolute Gasteiger partial charge is 0.493 e. The van der Waals surface area contributed by atoms with Crippen LogP contribution in [-0.4, -0.2) is 54.8 Å². The van der Waals surface area contributed by atoms with Crippen LogP contribution in [0.25, 0.3) is 0 Å². The molecule has 3 atom stereocenters. The molecule has 2 aliphatic heterocycles. The highest BCUT2D eigenvalue weighted by molar-refractivity contribution is 6.05. The Morgan fingerprint density at radius 1 is 0.943 bits per heavy atom. The molecule has 5 rings (SSSR count). The summed E-state index contributed by atoms with van der Waals surface area (Å²) in [4.78, 5) is 42.5. The Bertz CT molecular complexity index is 1110. The summed E-state index contributed by atoms with van der Waals surface area (Å²) < 4.78 is 11.1. The van der Waals surface area contributed by atoms with Gasteiger partial charge in [0.2, 0.25) is 17.7 Å². The van der Waals surface area contributed by atoms with Gasteiger partial charge < -0.3 is 14.4 Å². The highest BCUT2D eigenvalue weighted by atomic mass is 16.5. The number of imide groups is 1. The second-order valence-corrected chi connectivity index (χ2v) is 9.63. The second kappa shape index (κ2) is 9.72. The molecule has 2 aromatic rings. The molecular weight excluding hydrogens is 444 g/mol. The van der Waals surface area contributed by atoms with E-state index < -0.39 is 0 Å². The Morgan fingerprint density at radius 2 is 1.57 bits per heavy atom.